The SMILES string of the molecule is COc1ccc(-c2cc(NC(=O)c3cc(Cl)ccc3F)ccc2OC)cc1. The number of hydrogen-bond donors (Lipinski definition) is 1. The zero-order valence-electron chi connectivity index (χ0n) is 14.8. The molecule has 0 aliphatic heterocycles. The predicted octanol–water partition coefficient (Wildman–Crippen LogP) is 5.42. The number of hydrogen-bond acceptors (Lipinski definition) is 3. The number of ether oxygens (including phenoxy) is 2. The van der Waals surface area contributed by atoms with Crippen LogP contribution in [0.25, 0.3) is 11.1 Å². The summed E-state index contributed by atoms with van der Waals surface area (Å²) in [6, 6.07) is 16.5. The first-order valence-electron chi connectivity index (χ1n) is 8.10. The van der Waals surface area contributed by atoms with E-state index in [1.54, 1.807) is 32.4 Å². The Labute approximate surface area is 161 Å². The highest BCUT2D eigenvalue weighted by molar-refractivity contribution is 6.31. The minimum absolute atomic E-state index is 0.121. The van der Waals surface area contributed by atoms with Gasteiger partial charge in [-0.1, -0.05) is 23.7 Å². The monoisotopic (exact) mass is 385 g/mol. The Morgan fingerprint density at radius 2 is 1.70 bits per heavy atom. The van der Waals surface area contributed by atoms with Crippen LogP contribution in [0.1, 0.15) is 10.4 Å². The molecule has 4 nitrogen and oxygen atoms in total. The summed E-state index contributed by atoms with van der Waals surface area (Å²) in [4.78, 5) is 12.4. The molecule has 3 rings (SSSR count). The predicted molar refractivity (Wildman–Crippen MR) is 104 cm³/mol. The van der Waals surface area contributed by atoms with Gasteiger partial charge in [-0.05, 0) is 54.1 Å². The summed E-state index contributed by atoms with van der Waals surface area (Å²) >= 11 is 5.86. The summed E-state index contributed by atoms with van der Waals surface area (Å²) in [5, 5.41) is 2.98. The van der Waals surface area contributed by atoms with Crippen LogP contribution < -0.4 is 14.8 Å². The van der Waals surface area contributed by atoms with Crippen LogP contribution in [0.4, 0.5) is 10.1 Å². The van der Waals surface area contributed by atoms with Crippen LogP contribution in [0, 0.1) is 5.82 Å². The molecule has 0 unspecified atom stereocenters. The molecule has 0 saturated heterocycles. The lowest BCUT2D eigenvalue weighted by Gasteiger charge is -2.13. The Bertz CT molecular complexity index is 974. The van der Waals surface area contributed by atoms with Crippen molar-refractivity contribution in [3.05, 3.63) is 77.1 Å². The fourth-order valence-corrected chi connectivity index (χ4v) is 2.82. The number of carbonyl (C=O) groups is 1. The van der Waals surface area contributed by atoms with Crippen molar-refractivity contribution in [1.29, 1.82) is 0 Å². The van der Waals surface area contributed by atoms with Gasteiger partial charge in [-0.25, -0.2) is 4.39 Å². The average molecular weight is 386 g/mol. The maximum Gasteiger partial charge on any atom is 0.258 e. The molecule has 27 heavy (non-hydrogen) atoms. The summed E-state index contributed by atoms with van der Waals surface area (Å²) < 4.78 is 24.5. The lowest BCUT2D eigenvalue weighted by molar-refractivity contribution is 0.102. The lowest BCUT2D eigenvalue weighted by Crippen LogP contribution is -2.13. The van der Waals surface area contributed by atoms with Gasteiger partial charge >= 0.3 is 0 Å². The Morgan fingerprint density at radius 3 is 2.37 bits per heavy atom. The fourth-order valence-electron chi connectivity index (χ4n) is 2.65. The van der Waals surface area contributed by atoms with E-state index in [0.717, 1.165) is 22.9 Å². The molecule has 3 aromatic rings. The van der Waals surface area contributed by atoms with Gasteiger partial charge in [0, 0.05) is 16.3 Å². The van der Waals surface area contributed by atoms with E-state index in [-0.39, 0.29) is 10.6 Å². The molecule has 0 aliphatic rings. The minimum atomic E-state index is -0.638. The molecule has 0 fully saturated rings. The second-order valence-electron chi connectivity index (χ2n) is 5.72. The second kappa shape index (κ2) is 8.10. The zero-order valence-corrected chi connectivity index (χ0v) is 15.5. The highest BCUT2D eigenvalue weighted by Crippen LogP contribution is 2.33. The largest absolute Gasteiger partial charge is 0.497 e. The normalized spacial score (nSPS) is 10.4. The maximum absolute atomic E-state index is 13.9. The van der Waals surface area contributed by atoms with Crippen LogP contribution in [0.3, 0.4) is 0 Å². The first kappa shape index (κ1) is 18.7. The lowest BCUT2D eigenvalue weighted by atomic mass is 10.0. The molecule has 6 heteroatoms. The molecule has 138 valence electrons. The molecule has 1 amide bonds. The third kappa shape index (κ3) is 4.20. The molecule has 0 aliphatic carbocycles. The molecule has 1 N–H and O–H groups in total. The topological polar surface area (TPSA) is 47.6 Å². The van der Waals surface area contributed by atoms with E-state index in [1.807, 2.05) is 24.3 Å². The van der Waals surface area contributed by atoms with Gasteiger partial charge in [0.25, 0.3) is 5.91 Å². The Morgan fingerprint density at radius 1 is 0.963 bits per heavy atom. The number of benzene rings is 3. The molecule has 0 radical (unpaired) electrons. The van der Waals surface area contributed by atoms with Crippen molar-refractivity contribution in [2.24, 2.45) is 0 Å². The quantitative estimate of drug-likeness (QED) is 0.638. The number of methoxy groups -OCH3 is 2. The van der Waals surface area contributed by atoms with Gasteiger partial charge < -0.3 is 14.8 Å². The number of carbonyl (C=O) groups excluding carboxylic acids is 1. The number of nitrogens with one attached hydrogen (secondary N) is 1. The van der Waals surface area contributed by atoms with Gasteiger partial charge in [0.1, 0.15) is 17.3 Å². The molecule has 0 saturated carbocycles. The molecule has 0 spiro atoms. The van der Waals surface area contributed by atoms with Crippen molar-refractivity contribution < 1.29 is 18.7 Å². The number of rotatable bonds is 5. The van der Waals surface area contributed by atoms with Gasteiger partial charge in [-0.2, -0.15) is 0 Å². The Balaban J connectivity index is 1.92. The standard InChI is InChI=1S/C21H17ClFNO3/c1-26-16-7-3-13(4-8-16)17-12-15(6-10-20(17)27-2)24-21(25)18-11-14(22)5-9-19(18)23/h3-12H,1-2H3,(H,24,25). The van der Waals surface area contributed by atoms with Crippen LogP contribution >= 0.6 is 11.6 Å². The van der Waals surface area contributed by atoms with Crippen molar-refractivity contribution >= 4 is 23.2 Å². The summed E-state index contributed by atoms with van der Waals surface area (Å²) in [6.45, 7) is 0. The first-order valence-corrected chi connectivity index (χ1v) is 8.48. The molecule has 3 aromatic carbocycles. The van der Waals surface area contributed by atoms with Gasteiger partial charge in [-0.15, -0.1) is 0 Å². The van der Waals surface area contributed by atoms with Crippen LogP contribution in [0.15, 0.2) is 60.7 Å². The van der Waals surface area contributed by atoms with E-state index in [1.165, 1.54) is 12.1 Å². The molecule has 0 atom stereocenters. The highest BCUT2D eigenvalue weighted by atomic mass is 35.5. The maximum atomic E-state index is 13.9. The Hall–Kier alpha value is -3.05. The Kier molecular flexibility index (Phi) is 5.62. The van der Waals surface area contributed by atoms with Crippen molar-refractivity contribution in [3.8, 4) is 22.6 Å². The molecule has 0 aromatic heterocycles. The molecule has 0 heterocycles. The van der Waals surface area contributed by atoms with Crippen LogP contribution in [-0.4, -0.2) is 20.1 Å². The van der Waals surface area contributed by atoms with Crippen LogP contribution in [-0.2, 0) is 0 Å². The third-order valence-corrected chi connectivity index (χ3v) is 4.27. The summed E-state index contributed by atoms with van der Waals surface area (Å²) in [7, 11) is 3.17. The van der Waals surface area contributed by atoms with Gasteiger partial charge in [0.2, 0.25) is 0 Å². The van der Waals surface area contributed by atoms with Crippen molar-refractivity contribution in [3.63, 3.8) is 0 Å². The van der Waals surface area contributed by atoms with E-state index in [9.17, 15) is 9.18 Å². The zero-order chi connectivity index (χ0) is 19.4. The summed E-state index contributed by atoms with van der Waals surface area (Å²) in [5.74, 6) is 0.160. The van der Waals surface area contributed by atoms with E-state index in [0.29, 0.717) is 11.4 Å². The third-order valence-electron chi connectivity index (χ3n) is 4.03. The highest BCUT2D eigenvalue weighted by Gasteiger charge is 2.14. The number of anilines is 1. The van der Waals surface area contributed by atoms with Gasteiger partial charge in [-0.3, -0.25) is 4.79 Å². The summed E-state index contributed by atoms with van der Waals surface area (Å²) in [6.07, 6.45) is 0. The number of halogens is 2. The van der Waals surface area contributed by atoms with E-state index >= 15 is 0 Å². The average Bonchev–Trinajstić information content (AvgIpc) is 2.69. The minimum Gasteiger partial charge on any atom is -0.497 e. The molecule has 0 bridgehead atoms. The fraction of sp³-hybridized carbons (Fsp3) is 0.0952. The number of amides is 1. The van der Waals surface area contributed by atoms with Crippen molar-refractivity contribution in [2.75, 3.05) is 19.5 Å². The van der Waals surface area contributed by atoms with E-state index in [4.69, 9.17) is 21.1 Å². The first-order chi connectivity index (χ1) is 13.0. The van der Waals surface area contributed by atoms with Crippen LogP contribution in [0.2, 0.25) is 5.02 Å². The van der Waals surface area contributed by atoms with Gasteiger partial charge in [0.15, 0.2) is 0 Å². The van der Waals surface area contributed by atoms with Gasteiger partial charge in [0.05, 0.1) is 19.8 Å². The smallest absolute Gasteiger partial charge is 0.258 e. The van der Waals surface area contributed by atoms with Crippen LogP contribution in [0.5, 0.6) is 11.5 Å². The van der Waals surface area contributed by atoms with Crippen molar-refractivity contribution in [2.45, 2.75) is 0 Å². The van der Waals surface area contributed by atoms with Crippen molar-refractivity contribution in [1.82, 2.24) is 0 Å². The van der Waals surface area contributed by atoms with E-state index < -0.39 is 11.7 Å². The molecular formula is C21H17ClFNO3. The molecular weight excluding hydrogens is 369 g/mol. The second-order valence-corrected chi connectivity index (χ2v) is 6.16. The summed E-state index contributed by atoms with van der Waals surface area (Å²) in [5.41, 5.74) is 2.05. The van der Waals surface area contributed by atoms with E-state index in [2.05, 4.69) is 5.32 Å².